The first-order valence-electron chi connectivity index (χ1n) is 8.26. The fraction of sp³-hybridized carbons (Fsp3) is 0.222. The van der Waals surface area contributed by atoms with E-state index < -0.39 is 46.3 Å². The summed E-state index contributed by atoms with van der Waals surface area (Å²) in [6, 6.07) is 8.36. The number of carbonyl (C=O) groups excluding carboxylic acids is 2. The standard InChI is InChI=1S/C18H14F3N3O5/c19-18(20,21)17(27)13(15(25)10-5-2-1-3-6-10)14(22-16(26)23-17)11-7-4-8-12(9-11)24(28)29/h1-9,13-14,27H,(H2,22,23,26)/t13-,14+,17+/m1/s1. The minimum atomic E-state index is -5.40. The van der Waals surface area contributed by atoms with Crippen LogP contribution in [0.25, 0.3) is 0 Å². The zero-order valence-electron chi connectivity index (χ0n) is 14.5. The number of non-ortho nitro benzene ring substituents is 1. The highest BCUT2D eigenvalue weighted by molar-refractivity contribution is 6.00. The molecule has 29 heavy (non-hydrogen) atoms. The van der Waals surface area contributed by atoms with Crippen LogP contribution in [0.3, 0.4) is 0 Å². The molecule has 3 atom stereocenters. The Labute approximate surface area is 161 Å². The summed E-state index contributed by atoms with van der Waals surface area (Å²) >= 11 is 0. The summed E-state index contributed by atoms with van der Waals surface area (Å²) < 4.78 is 41.3. The Hall–Kier alpha value is -3.47. The maximum Gasteiger partial charge on any atom is 0.437 e. The molecule has 1 aliphatic heterocycles. The number of nitrogens with one attached hydrogen (secondary N) is 2. The van der Waals surface area contributed by atoms with Crippen molar-refractivity contribution in [3.63, 3.8) is 0 Å². The minimum Gasteiger partial charge on any atom is -0.363 e. The molecule has 8 nitrogen and oxygen atoms in total. The number of nitro benzene ring substituents is 1. The molecule has 152 valence electrons. The number of Topliss-reactive ketones (excluding diaryl/α,β-unsaturated/α-hetero) is 1. The summed E-state index contributed by atoms with van der Waals surface area (Å²) in [6.45, 7) is 0. The van der Waals surface area contributed by atoms with Gasteiger partial charge in [-0.3, -0.25) is 14.9 Å². The SMILES string of the molecule is O=C1N[C@@H](c2cccc([N+](=O)[O-])c2)[C@H](C(=O)c2ccccc2)[C@](O)(C(F)(F)F)N1. The molecule has 0 radical (unpaired) electrons. The average Bonchev–Trinajstić information content (AvgIpc) is 2.67. The van der Waals surface area contributed by atoms with Crippen molar-refractivity contribution in [2.45, 2.75) is 17.9 Å². The van der Waals surface area contributed by atoms with E-state index in [2.05, 4.69) is 5.32 Å². The fourth-order valence-corrected chi connectivity index (χ4v) is 3.23. The normalized spacial score (nSPS) is 24.3. The second-order valence-corrected chi connectivity index (χ2v) is 6.40. The lowest BCUT2D eigenvalue weighted by Gasteiger charge is -2.45. The van der Waals surface area contributed by atoms with Gasteiger partial charge in [-0.1, -0.05) is 42.5 Å². The summed E-state index contributed by atoms with van der Waals surface area (Å²) in [5, 5.41) is 25.0. The van der Waals surface area contributed by atoms with Crippen molar-refractivity contribution < 1.29 is 32.8 Å². The molecule has 0 aliphatic carbocycles. The molecule has 3 N–H and O–H groups in total. The predicted octanol–water partition coefficient (Wildman–Crippen LogP) is 2.70. The van der Waals surface area contributed by atoms with Gasteiger partial charge < -0.3 is 15.7 Å². The average molecular weight is 409 g/mol. The summed E-state index contributed by atoms with van der Waals surface area (Å²) in [7, 11) is 0. The van der Waals surface area contributed by atoms with Gasteiger partial charge in [0.2, 0.25) is 5.72 Å². The number of halogens is 3. The number of nitro groups is 1. The highest BCUT2D eigenvalue weighted by atomic mass is 19.4. The molecule has 0 spiro atoms. The second kappa shape index (κ2) is 7.17. The van der Waals surface area contributed by atoms with Gasteiger partial charge in [-0.2, -0.15) is 13.2 Å². The molecule has 2 aromatic carbocycles. The molecule has 2 aromatic rings. The molecular weight excluding hydrogens is 395 g/mol. The van der Waals surface area contributed by atoms with E-state index >= 15 is 0 Å². The maximum absolute atomic E-state index is 13.8. The molecule has 1 heterocycles. The van der Waals surface area contributed by atoms with Gasteiger partial charge in [-0.05, 0) is 5.56 Å². The number of hydrogen-bond donors (Lipinski definition) is 3. The van der Waals surface area contributed by atoms with Gasteiger partial charge in [-0.25, -0.2) is 4.79 Å². The third-order valence-corrected chi connectivity index (χ3v) is 4.59. The second-order valence-electron chi connectivity index (χ2n) is 6.40. The van der Waals surface area contributed by atoms with E-state index in [1.807, 2.05) is 0 Å². The fourth-order valence-electron chi connectivity index (χ4n) is 3.23. The largest absolute Gasteiger partial charge is 0.437 e. The molecule has 1 fully saturated rings. The van der Waals surface area contributed by atoms with Gasteiger partial charge in [0.25, 0.3) is 5.69 Å². The van der Waals surface area contributed by atoms with Gasteiger partial charge in [0.1, 0.15) is 5.92 Å². The number of urea groups is 1. The van der Waals surface area contributed by atoms with Crippen LogP contribution in [0.4, 0.5) is 23.7 Å². The maximum atomic E-state index is 13.8. The van der Waals surface area contributed by atoms with E-state index in [0.29, 0.717) is 0 Å². The van der Waals surface area contributed by atoms with E-state index in [9.17, 15) is 38.0 Å². The number of rotatable bonds is 4. The topological polar surface area (TPSA) is 122 Å². The van der Waals surface area contributed by atoms with Gasteiger partial charge in [0.15, 0.2) is 5.78 Å². The first kappa shape index (κ1) is 20.3. The van der Waals surface area contributed by atoms with Crippen LogP contribution in [0.15, 0.2) is 54.6 Å². The summed E-state index contributed by atoms with van der Waals surface area (Å²) in [6.07, 6.45) is -5.40. The Morgan fingerprint density at radius 3 is 2.38 bits per heavy atom. The van der Waals surface area contributed by atoms with Gasteiger partial charge in [0, 0.05) is 17.7 Å². The number of nitrogens with zero attached hydrogens (tertiary/aromatic N) is 1. The Morgan fingerprint density at radius 1 is 1.14 bits per heavy atom. The van der Waals surface area contributed by atoms with Crippen LogP contribution >= 0.6 is 0 Å². The van der Waals surface area contributed by atoms with Crippen molar-refractivity contribution in [3.8, 4) is 0 Å². The smallest absolute Gasteiger partial charge is 0.363 e. The van der Waals surface area contributed by atoms with Crippen LogP contribution in [0, 0.1) is 16.0 Å². The van der Waals surface area contributed by atoms with E-state index in [0.717, 1.165) is 12.1 Å². The molecule has 1 saturated heterocycles. The zero-order valence-corrected chi connectivity index (χ0v) is 14.5. The van der Waals surface area contributed by atoms with Crippen molar-refractivity contribution in [3.05, 3.63) is 75.8 Å². The van der Waals surface area contributed by atoms with Crippen molar-refractivity contribution in [1.29, 1.82) is 0 Å². The third-order valence-electron chi connectivity index (χ3n) is 4.59. The van der Waals surface area contributed by atoms with Crippen LogP contribution in [0.2, 0.25) is 0 Å². The van der Waals surface area contributed by atoms with Crippen molar-refractivity contribution in [2.24, 2.45) is 5.92 Å². The predicted molar refractivity (Wildman–Crippen MR) is 92.8 cm³/mol. The first-order valence-corrected chi connectivity index (χ1v) is 8.26. The van der Waals surface area contributed by atoms with Crippen molar-refractivity contribution >= 4 is 17.5 Å². The zero-order chi connectivity index (χ0) is 21.4. The van der Waals surface area contributed by atoms with Crippen LogP contribution in [-0.4, -0.2) is 33.7 Å². The van der Waals surface area contributed by atoms with Crippen LogP contribution in [-0.2, 0) is 0 Å². The van der Waals surface area contributed by atoms with Gasteiger partial charge in [0.05, 0.1) is 11.0 Å². The Kier molecular flexibility index (Phi) is 5.01. The minimum absolute atomic E-state index is 0.131. The number of alkyl halides is 3. The van der Waals surface area contributed by atoms with Crippen LogP contribution < -0.4 is 10.6 Å². The molecule has 0 saturated carbocycles. The monoisotopic (exact) mass is 409 g/mol. The van der Waals surface area contributed by atoms with Crippen molar-refractivity contribution in [2.75, 3.05) is 0 Å². The number of amides is 2. The van der Waals surface area contributed by atoms with Crippen LogP contribution in [0.5, 0.6) is 0 Å². The number of carbonyl (C=O) groups is 2. The molecule has 11 heteroatoms. The first-order chi connectivity index (χ1) is 13.5. The van der Waals surface area contributed by atoms with Gasteiger partial charge in [-0.15, -0.1) is 0 Å². The van der Waals surface area contributed by atoms with E-state index in [4.69, 9.17) is 0 Å². The summed E-state index contributed by atoms with van der Waals surface area (Å²) in [4.78, 5) is 35.2. The molecule has 0 aromatic heterocycles. The molecular formula is C18H14F3N3O5. The lowest BCUT2D eigenvalue weighted by Crippen LogP contribution is -2.72. The van der Waals surface area contributed by atoms with Crippen molar-refractivity contribution in [1.82, 2.24) is 10.6 Å². The summed E-state index contributed by atoms with van der Waals surface area (Å²) in [5.41, 5.74) is -4.60. The number of aliphatic hydroxyl groups is 1. The van der Waals surface area contributed by atoms with E-state index in [1.54, 1.807) is 6.07 Å². The molecule has 3 rings (SSSR count). The number of ketones is 1. The number of hydrogen-bond acceptors (Lipinski definition) is 5. The van der Waals surface area contributed by atoms with Crippen LogP contribution in [0.1, 0.15) is 22.0 Å². The molecule has 0 unspecified atom stereocenters. The lowest BCUT2D eigenvalue weighted by atomic mass is 9.77. The van der Waals surface area contributed by atoms with Gasteiger partial charge >= 0.3 is 12.2 Å². The summed E-state index contributed by atoms with van der Waals surface area (Å²) in [5.74, 6) is -3.35. The van der Waals surface area contributed by atoms with E-state index in [1.165, 1.54) is 41.7 Å². The number of benzene rings is 2. The van der Waals surface area contributed by atoms with E-state index in [-0.39, 0.29) is 11.1 Å². The molecule has 0 bridgehead atoms. The Balaban J connectivity index is 2.18. The Morgan fingerprint density at radius 2 is 1.79 bits per heavy atom. The lowest BCUT2D eigenvalue weighted by molar-refractivity contribution is -0.385. The quantitative estimate of drug-likeness (QED) is 0.407. The molecule has 1 aliphatic rings. The Bertz CT molecular complexity index is 967. The third kappa shape index (κ3) is 3.63. The molecule has 2 amide bonds. The highest BCUT2D eigenvalue weighted by Crippen LogP contribution is 2.44. The highest BCUT2D eigenvalue weighted by Gasteiger charge is 2.66.